The van der Waals surface area contributed by atoms with Crippen molar-refractivity contribution in [2.75, 3.05) is 0 Å². The number of nitrogens with zero attached hydrogens (tertiary/aromatic N) is 1. The van der Waals surface area contributed by atoms with E-state index in [-0.39, 0.29) is 17.9 Å². The van der Waals surface area contributed by atoms with E-state index in [4.69, 9.17) is 4.74 Å². The van der Waals surface area contributed by atoms with Crippen molar-refractivity contribution in [3.05, 3.63) is 35.4 Å². The first kappa shape index (κ1) is 9.36. The van der Waals surface area contributed by atoms with Gasteiger partial charge in [-0.3, -0.25) is 9.59 Å². The zero-order valence-electron chi connectivity index (χ0n) is 9.18. The standard InChI is InChI=1S/C13H11NO3/c15-11-8-4-1-2-5-9(8)12(16)14(11)13-7-3-6-10(13)17-13/h1-2,4-5,10H,3,6-7H2. The van der Waals surface area contributed by atoms with Crippen molar-refractivity contribution >= 4 is 11.8 Å². The first-order valence-electron chi connectivity index (χ1n) is 5.90. The maximum atomic E-state index is 12.3. The van der Waals surface area contributed by atoms with Crippen molar-refractivity contribution in [2.45, 2.75) is 31.1 Å². The smallest absolute Gasteiger partial charge is 0.264 e. The zero-order valence-corrected chi connectivity index (χ0v) is 9.18. The Bertz CT molecular complexity index is 518. The first-order chi connectivity index (χ1) is 8.24. The van der Waals surface area contributed by atoms with Crippen LogP contribution in [0.15, 0.2) is 24.3 Å². The Kier molecular flexibility index (Phi) is 1.52. The Hall–Kier alpha value is -1.68. The summed E-state index contributed by atoms with van der Waals surface area (Å²) in [4.78, 5) is 25.8. The van der Waals surface area contributed by atoms with E-state index >= 15 is 0 Å². The molecule has 2 fully saturated rings. The fourth-order valence-electron chi connectivity index (χ4n) is 3.10. The van der Waals surface area contributed by atoms with Crippen LogP contribution in [0.25, 0.3) is 0 Å². The molecule has 2 atom stereocenters. The molecule has 0 radical (unpaired) electrons. The molecule has 1 aromatic carbocycles. The van der Waals surface area contributed by atoms with Crippen LogP contribution in [-0.2, 0) is 4.74 Å². The van der Waals surface area contributed by atoms with E-state index in [9.17, 15) is 9.59 Å². The molecule has 1 saturated heterocycles. The fraction of sp³-hybridized carbons (Fsp3) is 0.385. The maximum Gasteiger partial charge on any atom is 0.264 e. The average Bonchev–Trinajstić information content (AvgIpc) is 2.79. The van der Waals surface area contributed by atoms with Crippen molar-refractivity contribution in [2.24, 2.45) is 0 Å². The van der Waals surface area contributed by atoms with E-state index in [0.29, 0.717) is 11.1 Å². The Morgan fingerprint density at radius 1 is 1.18 bits per heavy atom. The molecule has 0 spiro atoms. The second-order valence-corrected chi connectivity index (χ2v) is 4.83. The lowest BCUT2D eigenvalue weighted by Crippen LogP contribution is -2.42. The average molecular weight is 229 g/mol. The number of amides is 2. The highest BCUT2D eigenvalue weighted by atomic mass is 16.6. The Morgan fingerprint density at radius 2 is 1.82 bits per heavy atom. The molecule has 1 aromatic rings. The molecule has 2 heterocycles. The third-order valence-electron chi connectivity index (χ3n) is 3.97. The van der Waals surface area contributed by atoms with Gasteiger partial charge in [-0.15, -0.1) is 0 Å². The predicted molar refractivity (Wildman–Crippen MR) is 58.4 cm³/mol. The first-order valence-corrected chi connectivity index (χ1v) is 5.90. The summed E-state index contributed by atoms with van der Waals surface area (Å²) in [7, 11) is 0. The summed E-state index contributed by atoms with van der Waals surface area (Å²) in [5, 5.41) is 0. The predicted octanol–water partition coefficient (Wildman–Crippen LogP) is 1.56. The van der Waals surface area contributed by atoms with E-state index < -0.39 is 5.72 Å². The molecule has 2 amide bonds. The number of carbonyl (C=O) groups is 2. The molecule has 17 heavy (non-hydrogen) atoms. The van der Waals surface area contributed by atoms with Gasteiger partial charge in [0, 0.05) is 0 Å². The van der Waals surface area contributed by atoms with Gasteiger partial charge < -0.3 is 4.74 Å². The van der Waals surface area contributed by atoms with Gasteiger partial charge in [-0.2, -0.15) is 0 Å². The molecule has 0 bridgehead atoms. The number of epoxide rings is 1. The van der Waals surface area contributed by atoms with Crippen LogP contribution >= 0.6 is 0 Å². The summed E-state index contributed by atoms with van der Waals surface area (Å²) < 4.78 is 5.58. The number of rotatable bonds is 1. The number of imide groups is 1. The minimum absolute atomic E-state index is 0.0738. The molecule has 4 nitrogen and oxygen atoms in total. The van der Waals surface area contributed by atoms with Crippen molar-refractivity contribution in [3.8, 4) is 0 Å². The van der Waals surface area contributed by atoms with Gasteiger partial charge in [0.2, 0.25) is 0 Å². The van der Waals surface area contributed by atoms with Gasteiger partial charge >= 0.3 is 0 Å². The largest absolute Gasteiger partial charge is 0.344 e. The van der Waals surface area contributed by atoms with E-state index in [0.717, 1.165) is 19.3 Å². The number of fused-ring (bicyclic) bond motifs is 2. The highest BCUT2D eigenvalue weighted by Gasteiger charge is 2.67. The van der Waals surface area contributed by atoms with Gasteiger partial charge in [-0.1, -0.05) is 12.1 Å². The van der Waals surface area contributed by atoms with Gasteiger partial charge in [0.15, 0.2) is 5.72 Å². The number of hydrogen-bond acceptors (Lipinski definition) is 3. The van der Waals surface area contributed by atoms with Crippen molar-refractivity contribution in [3.63, 3.8) is 0 Å². The highest BCUT2D eigenvalue weighted by Crippen LogP contribution is 2.54. The van der Waals surface area contributed by atoms with Gasteiger partial charge in [0.1, 0.15) is 6.10 Å². The lowest BCUT2D eigenvalue weighted by atomic mass is 10.1. The van der Waals surface area contributed by atoms with Crippen LogP contribution in [0.5, 0.6) is 0 Å². The van der Waals surface area contributed by atoms with E-state index in [2.05, 4.69) is 0 Å². The normalized spacial score (nSPS) is 33.9. The number of ether oxygens (including phenoxy) is 1. The summed E-state index contributed by atoms with van der Waals surface area (Å²) in [6, 6.07) is 6.98. The summed E-state index contributed by atoms with van der Waals surface area (Å²) in [6.45, 7) is 0. The monoisotopic (exact) mass is 229 g/mol. The minimum atomic E-state index is -0.604. The van der Waals surface area contributed by atoms with Crippen LogP contribution < -0.4 is 0 Å². The molecule has 1 aliphatic carbocycles. The zero-order chi connectivity index (χ0) is 11.6. The molecule has 86 valence electrons. The Morgan fingerprint density at radius 3 is 2.29 bits per heavy atom. The topological polar surface area (TPSA) is 49.9 Å². The molecular formula is C13H11NO3. The molecular weight excluding hydrogens is 218 g/mol. The molecule has 4 heteroatoms. The molecule has 0 aromatic heterocycles. The van der Waals surface area contributed by atoms with Gasteiger partial charge in [0.25, 0.3) is 11.8 Å². The second-order valence-electron chi connectivity index (χ2n) is 4.83. The van der Waals surface area contributed by atoms with E-state index in [1.165, 1.54) is 4.90 Å². The molecule has 1 saturated carbocycles. The fourth-order valence-corrected chi connectivity index (χ4v) is 3.10. The SMILES string of the molecule is O=C1c2ccccc2C(=O)N1C12CCCC1O2. The van der Waals surface area contributed by atoms with Crippen LogP contribution in [0.2, 0.25) is 0 Å². The number of hydrogen-bond donors (Lipinski definition) is 0. The Balaban J connectivity index is 1.82. The Labute approximate surface area is 98.2 Å². The van der Waals surface area contributed by atoms with E-state index in [1.54, 1.807) is 24.3 Å². The molecule has 2 aliphatic heterocycles. The van der Waals surface area contributed by atoms with Crippen molar-refractivity contribution < 1.29 is 14.3 Å². The quantitative estimate of drug-likeness (QED) is 0.542. The molecule has 2 unspecified atom stereocenters. The maximum absolute atomic E-state index is 12.3. The third kappa shape index (κ3) is 0.971. The van der Waals surface area contributed by atoms with Crippen LogP contribution in [0.1, 0.15) is 40.0 Å². The number of carbonyl (C=O) groups excluding carboxylic acids is 2. The lowest BCUT2D eigenvalue weighted by Gasteiger charge is -2.20. The van der Waals surface area contributed by atoms with Gasteiger partial charge in [-0.25, -0.2) is 4.90 Å². The summed E-state index contributed by atoms with van der Waals surface area (Å²) >= 11 is 0. The lowest BCUT2D eigenvalue weighted by molar-refractivity contribution is 0.0385. The third-order valence-corrected chi connectivity index (χ3v) is 3.97. The van der Waals surface area contributed by atoms with Crippen LogP contribution in [0.3, 0.4) is 0 Å². The number of benzene rings is 1. The molecule has 3 aliphatic rings. The summed E-state index contributed by atoms with van der Waals surface area (Å²) in [5.74, 6) is -0.398. The van der Waals surface area contributed by atoms with Crippen molar-refractivity contribution in [1.82, 2.24) is 4.90 Å². The van der Waals surface area contributed by atoms with Gasteiger partial charge in [-0.05, 0) is 31.4 Å². The van der Waals surface area contributed by atoms with E-state index in [1.807, 2.05) is 0 Å². The highest BCUT2D eigenvalue weighted by molar-refractivity contribution is 6.22. The van der Waals surface area contributed by atoms with Crippen LogP contribution in [-0.4, -0.2) is 28.5 Å². The summed E-state index contributed by atoms with van der Waals surface area (Å²) in [6.07, 6.45) is 2.83. The minimum Gasteiger partial charge on any atom is -0.344 e. The second kappa shape index (κ2) is 2.76. The molecule has 0 N–H and O–H groups in total. The summed E-state index contributed by atoms with van der Waals surface area (Å²) in [5.41, 5.74) is 0.411. The van der Waals surface area contributed by atoms with Crippen molar-refractivity contribution in [1.29, 1.82) is 0 Å². The van der Waals surface area contributed by atoms with Crippen LogP contribution in [0.4, 0.5) is 0 Å². The van der Waals surface area contributed by atoms with Gasteiger partial charge in [0.05, 0.1) is 11.1 Å². The molecule has 4 rings (SSSR count). The van der Waals surface area contributed by atoms with Crippen LogP contribution in [0, 0.1) is 0 Å².